The van der Waals surface area contributed by atoms with Crippen molar-refractivity contribution in [3.05, 3.63) is 49.1 Å². The number of rotatable bonds is 11. The lowest BCUT2D eigenvalue weighted by Gasteiger charge is -2.07. The highest BCUT2D eigenvalue weighted by Crippen LogP contribution is 2.07. The Morgan fingerprint density at radius 1 is 0.719 bits per heavy atom. The predicted octanol–water partition coefficient (Wildman–Crippen LogP) is 3.19. The Morgan fingerprint density at radius 2 is 1.16 bits per heavy atom. The third-order valence-electron chi connectivity index (χ3n) is 4.30. The van der Waals surface area contributed by atoms with E-state index >= 15 is 0 Å². The molecule has 4 N–H and O–H groups in total. The highest BCUT2D eigenvalue weighted by Gasteiger charge is 2.00. The second-order valence-electron chi connectivity index (χ2n) is 6.79. The fourth-order valence-corrected chi connectivity index (χ4v) is 2.79. The number of aromatic nitrogens is 2. The molecule has 0 bridgehead atoms. The molecular weight excluding hydrogens is 404 g/mol. The lowest BCUT2D eigenvalue weighted by Crippen LogP contribution is -2.27. The molecule has 0 amide bonds. The Labute approximate surface area is 188 Å². The van der Waals surface area contributed by atoms with Crippen LogP contribution in [0.15, 0.2) is 59.0 Å². The van der Waals surface area contributed by atoms with Crippen molar-refractivity contribution in [3.8, 4) is 12.4 Å². The monoisotopic (exact) mass is 432 g/mol. The van der Waals surface area contributed by atoms with Crippen LogP contribution in [-0.4, -0.2) is 35.0 Å². The van der Waals surface area contributed by atoms with E-state index in [2.05, 4.69) is 41.2 Å². The maximum absolute atomic E-state index is 8.86. The minimum Gasteiger partial charge on any atom is -0.324 e. The Morgan fingerprint density at radius 3 is 1.53 bits per heavy atom. The summed E-state index contributed by atoms with van der Waals surface area (Å²) in [5, 5.41) is 28.9. The molecule has 10 nitrogen and oxygen atoms in total. The minimum atomic E-state index is 0.431. The zero-order valence-corrected chi connectivity index (χ0v) is 18.0. The molecule has 0 aliphatic carbocycles. The first-order valence-electron chi connectivity index (χ1n) is 10.5. The molecule has 0 aliphatic heterocycles. The molecule has 2 aromatic rings. The largest absolute Gasteiger partial charge is 0.324 e. The molecule has 10 heteroatoms. The summed E-state index contributed by atoms with van der Waals surface area (Å²) in [6.45, 7) is 1.29. The molecule has 0 fully saturated rings. The van der Waals surface area contributed by atoms with E-state index in [4.69, 9.17) is 10.5 Å². The Balaban J connectivity index is 1.58. The molecule has 0 spiro atoms. The number of hydrogen-bond acceptors (Lipinski definition) is 6. The average Bonchev–Trinajstić information content (AvgIpc) is 2.81. The summed E-state index contributed by atoms with van der Waals surface area (Å²) in [5.74, 6) is 0.861. The summed E-state index contributed by atoms with van der Waals surface area (Å²) in [4.78, 5) is 16.9. The molecule has 0 aliphatic rings. The van der Waals surface area contributed by atoms with Gasteiger partial charge in [0, 0.05) is 25.5 Å². The van der Waals surface area contributed by atoms with E-state index in [1.54, 1.807) is 24.8 Å². The fraction of sp³-hybridized carbons (Fsp3) is 0.364. The van der Waals surface area contributed by atoms with Gasteiger partial charge >= 0.3 is 0 Å². The number of aliphatic imine (C=N–C) groups is 2. The molecule has 0 saturated carbocycles. The first-order valence-corrected chi connectivity index (χ1v) is 10.5. The van der Waals surface area contributed by atoms with Gasteiger partial charge in [0.25, 0.3) is 0 Å². The van der Waals surface area contributed by atoms with Crippen molar-refractivity contribution >= 4 is 23.3 Å². The third-order valence-corrected chi connectivity index (χ3v) is 4.30. The van der Waals surface area contributed by atoms with Crippen molar-refractivity contribution in [3.63, 3.8) is 0 Å². The highest BCUT2D eigenvalue weighted by atomic mass is 15.2. The minimum absolute atomic E-state index is 0.431. The summed E-state index contributed by atoms with van der Waals surface area (Å²) in [6.07, 6.45) is 16.8. The summed E-state index contributed by atoms with van der Waals surface area (Å²) in [6, 6.07) is 7.35. The lowest BCUT2D eigenvalue weighted by atomic mass is 10.1. The average molecular weight is 433 g/mol. The number of guanidine groups is 2. The summed E-state index contributed by atoms with van der Waals surface area (Å²) >= 11 is 0. The van der Waals surface area contributed by atoms with Crippen LogP contribution in [-0.2, 0) is 0 Å². The van der Waals surface area contributed by atoms with Crippen LogP contribution in [0, 0.1) is 22.9 Å². The number of anilines is 2. The van der Waals surface area contributed by atoms with Gasteiger partial charge in [-0.25, -0.2) is 0 Å². The first-order chi connectivity index (χ1) is 15.8. The van der Waals surface area contributed by atoms with Crippen LogP contribution in [0.2, 0.25) is 0 Å². The van der Waals surface area contributed by atoms with Crippen molar-refractivity contribution in [2.24, 2.45) is 9.98 Å². The first kappa shape index (κ1) is 24.1. The van der Waals surface area contributed by atoms with Crippen LogP contribution in [0.3, 0.4) is 0 Å². The molecule has 0 aromatic carbocycles. The van der Waals surface area contributed by atoms with Crippen LogP contribution in [0.5, 0.6) is 0 Å². The van der Waals surface area contributed by atoms with Crippen LogP contribution in [0.25, 0.3) is 0 Å². The van der Waals surface area contributed by atoms with E-state index in [-0.39, 0.29) is 0 Å². The maximum atomic E-state index is 8.86. The van der Waals surface area contributed by atoms with Crippen LogP contribution < -0.4 is 21.3 Å². The van der Waals surface area contributed by atoms with E-state index in [9.17, 15) is 0 Å². The van der Waals surface area contributed by atoms with Crippen molar-refractivity contribution in [2.75, 3.05) is 23.7 Å². The van der Waals surface area contributed by atoms with Crippen LogP contribution >= 0.6 is 0 Å². The predicted molar refractivity (Wildman–Crippen MR) is 126 cm³/mol. The standard InChI is InChI=1S/C22H28N10/c23-17-29-21(31-19-9-7-11-25-15-19)27-13-5-3-1-2-4-6-14-28-22(30-18-24)32-20-10-8-12-26-16-20/h7-12,15-16H,1-6,13-14H2,(H2,27,29,31)(H2,28,30,32). The van der Waals surface area contributed by atoms with Gasteiger partial charge in [0.05, 0.1) is 23.8 Å². The van der Waals surface area contributed by atoms with E-state index < -0.39 is 0 Å². The number of nitrogens with zero attached hydrogens (tertiary/aromatic N) is 6. The Bertz CT molecular complexity index is 836. The number of pyridine rings is 2. The van der Waals surface area contributed by atoms with Crippen LogP contribution in [0.1, 0.15) is 38.5 Å². The van der Waals surface area contributed by atoms with Crippen LogP contribution in [0.4, 0.5) is 11.4 Å². The van der Waals surface area contributed by atoms with E-state index in [1.165, 1.54) is 0 Å². The summed E-state index contributed by atoms with van der Waals surface area (Å²) < 4.78 is 0. The van der Waals surface area contributed by atoms with E-state index in [0.29, 0.717) is 25.0 Å². The lowest BCUT2D eigenvalue weighted by molar-refractivity contribution is 0.601. The van der Waals surface area contributed by atoms with Gasteiger partial charge in [-0.15, -0.1) is 0 Å². The second-order valence-corrected chi connectivity index (χ2v) is 6.79. The summed E-state index contributed by atoms with van der Waals surface area (Å²) in [5.41, 5.74) is 1.56. The zero-order valence-electron chi connectivity index (χ0n) is 18.0. The van der Waals surface area contributed by atoms with Gasteiger partial charge in [-0.2, -0.15) is 10.5 Å². The van der Waals surface area contributed by atoms with E-state index in [0.717, 1.165) is 49.9 Å². The molecule has 166 valence electrons. The summed E-state index contributed by atoms with van der Waals surface area (Å²) in [7, 11) is 0. The zero-order chi connectivity index (χ0) is 22.7. The molecule has 2 heterocycles. The van der Waals surface area contributed by atoms with Gasteiger partial charge in [0.2, 0.25) is 11.9 Å². The molecular formula is C22H28N10. The van der Waals surface area contributed by atoms with Crippen molar-refractivity contribution in [1.29, 1.82) is 10.5 Å². The maximum Gasteiger partial charge on any atom is 0.209 e. The third kappa shape index (κ3) is 10.6. The quantitative estimate of drug-likeness (QED) is 0.139. The van der Waals surface area contributed by atoms with Crippen molar-refractivity contribution in [2.45, 2.75) is 38.5 Å². The number of nitrogens with one attached hydrogen (secondary N) is 4. The smallest absolute Gasteiger partial charge is 0.209 e. The van der Waals surface area contributed by atoms with Gasteiger partial charge in [-0.3, -0.25) is 30.6 Å². The van der Waals surface area contributed by atoms with Crippen molar-refractivity contribution < 1.29 is 0 Å². The topological polar surface area (TPSA) is 146 Å². The molecule has 2 rings (SSSR count). The van der Waals surface area contributed by atoms with Gasteiger partial charge in [-0.1, -0.05) is 25.7 Å². The Kier molecular flexibility index (Phi) is 11.8. The molecule has 2 aromatic heterocycles. The SMILES string of the molecule is N#CNC(=NCCCCCCCCN=C(NC#N)Nc1cccnc1)Nc1cccnc1. The second kappa shape index (κ2) is 15.6. The molecule has 32 heavy (non-hydrogen) atoms. The normalized spacial score (nSPS) is 11.2. The molecule has 0 unspecified atom stereocenters. The van der Waals surface area contributed by atoms with Gasteiger partial charge < -0.3 is 10.6 Å². The molecule has 0 saturated heterocycles. The van der Waals surface area contributed by atoms with Gasteiger partial charge in [0.15, 0.2) is 12.4 Å². The Hall–Kier alpha value is -4.18. The molecule has 0 radical (unpaired) electrons. The van der Waals surface area contributed by atoms with Crippen molar-refractivity contribution in [1.82, 2.24) is 20.6 Å². The molecule has 0 atom stereocenters. The van der Waals surface area contributed by atoms with E-state index in [1.807, 2.05) is 36.7 Å². The number of nitriles is 2. The highest BCUT2D eigenvalue weighted by molar-refractivity contribution is 5.94. The van der Waals surface area contributed by atoms with Gasteiger partial charge in [0.1, 0.15) is 0 Å². The number of hydrogen-bond donors (Lipinski definition) is 4. The fourth-order valence-electron chi connectivity index (χ4n) is 2.79. The van der Waals surface area contributed by atoms with Gasteiger partial charge in [-0.05, 0) is 37.1 Å². The number of unbranched alkanes of at least 4 members (excludes halogenated alkanes) is 5.